The van der Waals surface area contributed by atoms with Crippen LogP contribution in [0.1, 0.15) is 11.3 Å². The predicted molar refractivity (Wildman–Crippen MR) is 94.6 cm³/mol. The zero-order chi connectivity index (χ0) is 17.2. The summed E-state index contributed by atoms with van der Waals surface area (Å²) in [6.07, 6.45) is 6.87. The summed E-state index contributed by atoms with van der Waals surface area (Å²) < 4.78 is 26.5. The summed E-state index contributed by atoms with van der Waals surface area (Å²) in [5.74, 6) is -1.21. The number of nitrogens with zero attached hydrogens (tertiary/aromatic N) is 2. The van der Waals surface area contributed by atoms with Gasteiger partial charge in [0.15, 0.2) is 0 Å². The molecule has 4 aromatic rings. The topological polar surface area (TPSA) is 41.6 Å². The molecule has 0 fully saturated rings. The van der Waals surface area contributed by atoms with Gasteiger partial charge in [-0.2, -0.15) is 5.10 Å². The largest absolute Gasteiger partial charge is 0.277 e. The number of fused-ring (bicyclic) bond motifs is 1. The number of aromatic nitrogens is 3. The fraction of sp³-hybridized carbons (Fsp3) is 0. The van der Waals surface area contributed by atoms with E-state index in [0.717, 1.165) is 28.1 Å². The first-order valence-electron chi connectivity index (χ1n) is 7.72. The third-order valence-electron chi connectivity index (χ3n) is 3.92. The summed E-state index contributed by atoms with van der Waals surface area (Å²) in [5, 5.41) is 8.21. The molecule has 0 atom stereocenters. The molecule has 0 aliphatic heterocycles. The highest BCUT2D eigenvalue weighted by molar-refractivity contribution is 5.92. The zero-order valence-corrected chi connectivity index (χ0v) is 13.1. The van der Waals surface area contributed by atoms with E-state index in [0.29, 0.717) is 11.3 Å². The zero-order valence-electron chi connectivity index (χ0n) is 13.1. The monoisotopic (exact) mass is 333 g/mol. The number of pyridine rings is 1. The Morgan fingerprint density at radius 3 is 2.32 bits per heavy atom. The van der Waals surface area contributed by atoms with Crippen LogP contribution in [-0.2, 0) is 0 Å². The third kappa shape index (κ3) is 3.17. The van der Waals surface area contributed by atoms with Gasteiger partial charge in [0.25, 0.3) is 0 Å². The standard InChI is InChI=1S/C20H13F2N3/c21-16-9-13(10-17(22)12-16)1-4-19-18-3-2-15(11-20(18)25-24-19)14-5-7-23-8-6-14/h1-12H,(H,24,25). The smallest absolute Gasteiger partial charge is 0.126 e. The van der Waals surface area contributed by atoms with Gasteiger partial charge >= 0.3 is 0 Å². The molecule has 0 amide bonds. The van der Waals surface area contributed by atoms with Gasteiger partial charge in [-0.1, -0.05) is 12.1 Å². The molecule has 0 radical (unpaired) electrons. The van der Waals surface area contributed by atoms with E-state index in [1.807, 2.05) is 30.3 Å². The number of halogens is 2. The number of H-pyrrole nitrogens is 1. The van der Waals surface area contributed by atoms with Crippen molar-refractivity contribution in [1.29, 1.82) is 0 Å². The van der Waals surface area contributed by atoms with E-state index in [4.69, 9.17) is 0 Å². The number of aromatic amines is 1. The van der Waals surface area contributed by atoms with Crippen molar-refractivity contribution in [2.75, 3.05) is 0 Å². The molecular weight excluding hydrogens is 320 g/mol. The number of benzene rings is 2. The van der Waals surface area contributed by atoms with E-state index < -0.39 is 11.6 Å². The molecule has 0 aliphatic rings. The van der Waals surface area contributed by atoms with Gasteiger partial charge < -0.3 is 0 Å². The van der Waals surface area contributed by atoms with E-state index in [-0.39, 0.29) is 0 Å². The highest BCUT2D eigenvalue weighted by Crippen LogP contribution is 2.25. The van der Waals surface area contributed by atoms with Crippen LogP contribution in [0.2, 0.25) is 0 Å². The molecule has 2 aromatic carbocycles. The van der Waals surface area contributed by atoms with Gasteiger partial charge in [0, 0.05) is 23.8 Å². The third-order valence-corrected chi connectivity index (χ3v) is 3.92. The van der Waals surface area contributed by atoms with E-state index in [1.165, 1.54) is 12.1 Å². The summed E-state index contributed by atoms with van der Waals surface area (Å²) in [7, 11) is 0. The lowest BCUT2D eigenvalue weighted by Gasteiger charge is -2.01. The van der Waals surface area contributed by atoms with Crippen molar-refractivity contribution in [2.24, 2.45) is 0 Å². The lowest BCUT2D eigenvalue weighted by Crippen LogP contribution is -1.82. The molecule has 0 spiro atoms. The Labute approximate surface area is 142 Å². The molecular formula is C20H13F2N3. The van der Waals surface area contributed by atoms with Crippen LogP contribution in [0, 0.1) is 11.6 Å². The van der Waals surface area contributed by atoms with Crippen molar-refractivity contribution >= 4 is 23.1 Å². The van der Waals surface area contributed by atoms with Crippen LogP contribution in [0.25, 0.3) is 34.2 Å². The van der Waals surface area contributed by atoms with Crippen LogP contribution in [0.5, 0.6) is 0 Å². The minimum Gasteiger partial charge on any atom is -0.277 e. The molecule has 3 nitrogen and oxygen atoms in total. The Kier molecular flexibility index (Phi) is 3.82. The van der Waals surface area contributed by atoms with E-state index in [1.54, 1.807) is 24.5 Å². The molecule has 4 rings (SSSR count). The molecule has 5 heteroatoms. The highest BCUT2D eigenvalue weighted by Gasteiger charge is 2.05. The molecule has 0 bridgehead atoms. The maximum atomic E-state index is 13.3. The molecule has 0 unspecified atom stereocenters. The molecule has 1 N–H and O–H groups in total. The van der Waals surface area contributed by atoms with E-state index in [9.17, 15) is 8.78 Å². The van der Waals surface area contributed by atoms with Gasteiger partial charge in [0.2, 0.25) is 0 Å². The van der Waals surface area contributed by atoms with Gasteiger partial charge in [-0.15, -0.1) is 0 Å². The quantitative estimate of drug-likeness (QED) is 0.568. The first-order valence-corrected chi connectivity index (χ1v) is 7.72. The minimum absolute atomic E-state index is 0.446. The van der Waals surface area contributed by atoms with Gasteiger partial charge in [0.05, 0.1) is 11.2 Å². The summed E-state index contributed by atoms with van der Waals surface area (Å²) >= 11 is 0. The van der Waals surface area contributed by atoms with Crippen LogP contribution in [0.3, 0.4) is 0 Å². The van der Waals surface area contributed by atoms with E-state index >= 15 is 0 Å². The van der Waals surface area contributed by atoms with Crippen LogP contribution in [0.4, 0.5) is 8.78 Å². The van der Waals surface area contributed by atoms with Gasteiger partial charge in [-0.25, -0.2) is 8.78 Å². The van der Waals surface area contributed by atoms with Crippen molar-refractivity contribution in [1.82, 2.24) is 15.2 Å². The second kappa shape index (κ2) is 6.28. The second-order valence-corrected chi connectivity index (χ2v) is 5.64. The fourth-order valence-corrected chi connectivity index (χ4v) is 2.74. The Morgan fingerprint density at radius 1 is 0.800 bits per heavy atom. The van der Waals surface area contributed by atoms with Crippen LogP contribution >= 0.6 is 0 Å². The number of hydrogen-bond donors (Lipinski definition) is 1. The second-order valence-electron chi connectivity index (χ2n) is 5.64. The number of nitrogens with one attached hydrogen (secondary N) is 1. The molecule has 2 heterocycles. The van der Waals surface area contributed by atoms with E-state index in [2.05, 4.69) is 15.2 Å². The van der Waals surface area contributed by atoms with Crippen molar-refractivity contribution in [2.45, 2.75) is 0 Å². The Balaban J connectivity index is 1.68. The van der Waals surface area contributed by atoms with Crippen molar-refractivity contribution < 1.29 is 8.78 Å². The molecule has 0 aliphatic carbocycles. The maximum absolute atomic E-state index is 13.3. The van der Waals surface area contributed by atoms with Gasteiger partial charge in [0.1, 0.15) is 11.6 Å². The fourth-order valence-electron chi connectivity index (χ4n) is 2.74. The summed E-state index contributed by atoms with van der Waals surface area (Å²) in [4.78, 5) is 4.02. The average Bonchev–Trinajstić information content (AvgIpc) is 3.02. The Bertz CT molecular complexity index is 1050. The summed E-state index contributed by atoms with van der Waals surface area (Å²) in [6, 6.07) is 13.3. The lowest BCUT2D eigenvalue weighted by atomic mass is 10.0. The first-order chi connectivity index (χ1) is 12.2. The Morgan fingerprint density at radius 2 is 1.56 bits per heavy atom. The number of hydrogen-bond acceptors (Lipinski definition) is 2. The minimum atomic E-state index is -0.603. The van der Waals surface area contributed by atoms with Crippen LogP contribution < -0.4 is 0 Å². The summed E-state index contributed by atoms with van der Waals surface area (Å²) in [5.41, 5.74) is 4.17. The highest BCUT2D eigenvalue weighted by atomic mass is 19.1. The first kappa shape index (κ1) is 15.2. The van der Waals surface area contributed by atoms with Crippen molar-refractivity contribution in [3.8, 4) is 11.1 Å². The predicted octanol–water partition coefficient (Wildman–Crippen LogP) is 5.07. The Hall–Kier alpha value is -3.34. The van der Waals surface area contributed by atoms with Crippen LogP contribution in [-0.4, -0.2) is 15.2 Å². The normalized spacial score (nSPS) is 11.4. The molecule has 0 saturated carbocycles. The maximum Gasteiger partial charge on any atom is 0.126 e. The molecule has 2 aromatic heterocycles. The SMILES string of the molecule is Fc1cc(F)cc(C=Cc2n[nH]c3cc(-c4ccncc4)ccc23)c1. The lowest BCUT2D eigenvalue weighted by molar-refractivity contribution is 0.583. The van der Waals surface area contributed by atoms with Gasteiger partial charge in [-0.3, -0.25) is 10.1 Å². The molecule has 122 valence electrons. The summed E-state index contributed by atoms with van der Waals surface area (Å²) in [6.45, 7) is 0. The van der Waals surface area contributed by atoms with Crippen molar-refractivity contribution in [3.63, 3.8) is 0 Å². The van der Waals surface area contributed by atoms with Crippen molar-refractivity contribution in [3.05, 3.63) is 83.8 Å². The molecule has 25 heavy (non-hydrogen) atoms. The average molecular weight is 333 g/mol. The van der Waals surface area contributed by atoms with Gasteiger partial charge in [-0.05, 0) is 59.2 Å². The molecule has 0 saturated heterocycles. The van der Waals surface area contributed by atoms with Crippen LogP contribution in [0.15, 0.2) is 60.9 Å². The number of rotatable bonds is 3.